The van der Waals surface area contributed by atoms with Gasteiger partial charge in [-0.2, -0.15) is 0 Å². The molecule has 1 aliphatic heterocycles. The minimum absolute atomic E-state index is 0.104. The fourth-order valence-electron chi connectivity index (χ4n) is 3.94. The van der Waals surface area contributed by atoms with E-state index < -0.39 is 5.82 Å². The second kappa shape index (κ2) is 7.33. The Morgan fingerprint density at radius 3 is 2.63 bits per heavy atom. The van der Waals surface area contributed by atoms with E-state index in [1.165, 1.54) is 43.6 Å². The molecule has 0 spiro atoms. The molecule has 0 unspecified atom stereocenters. The van der Waals surface area contributed by atoms with E-state index in [-0.39, 0.29) is 11.7 Å². The zero-order chi connectivity index (χ0) is 19.0. The van der Waals surface area contributed by atoms with Crippen LogP contribution in [0, 0.1) is 18.7 Å². The third kappa shape index (κ3) is 3.70. The molecule has 2 aliphatic rings. The number of piperidine rings is 1. The molecule has 0 N–H and O–H groups in total. The monoisotopic (exact) mass is 371 g/mol. The first-order chi connectivity index (χ1) is 13.1. The van der Waals surface area contributed by atoms with Gasteiger partial charge in [-0.3, -0.25) is 4.79 Å². The molecule has 5 nitrogen and oxygen atoms in total. The maximum absolute atomic E-state index is 13.9. The Balaban J connectivity index is 1.37. The molecule has 2 fully saturated rings. The van der Waals surface area contributed by atoms with Crippen LogP contribution in [0.15, 0.2) is 24.4 Å². The standard InChI is InChI=1S/C21H26FN3O2/c1-14-12-23-20(16-3-4-16)25(14)13-15-7-9-24(10-8-15)21(26)17-5-6-19(27-2)18(22)11-17/h5-6,11-12,15-16H,3-4,7-10,13H2,1-2H3. The van der Waals surface area contributed by atoms with Crippen LogP contribution in [-0.4, -0.2) is 40.6 Å². The van der Waals surface area contributed by atoms with Crippen LogP contribution in [0.2, 0.25) is 0 Å². The summed E-state index contributed by atoms with van der Waals surface area (Å²) < 4.78 is 21.2. The zero-order valence-corrected chi connectivity index (χ0v) is 15.9. The maximum atomic E-state index is 13.9. The minimum Gasteiger partial charge on any atom is -0.494 e. The first-order valence-corrected chi connectivity index (χ1v) is 9.71. The van der Waals surface area contributed by atoms with Crippen LogP contribution in [0.1, 0.15) is 53.5 Å². The number of nitrogens with zero attached hydrogens (tertiary/aromatic N) is 3. The van der Waals surface area contributed by atoms with E-state index in [0.29, 0.717) is 30.5 Å². The third-order valence-electron chi connectivity index (χ3n) is 5.77. The second-order valence-corrected chi connectivity index (χ2v) is 7.73. The number of carbonyl (C=O) groups excluding carboxylic acids is 1. The van der Waals surface area contributed by atoms with E-state index in [1.807, 2.05) is 11.1 Å². The van der Waals surface area contributed by atoms with E-state index in [2.05, 4.69) is 16.5 Å². The number of hydrogen-bond acceptors (Lipinski definition) is 3. The Morgan fingerprint density at radius 1 is 1.26 bits per heavy atom. The van der Waals surface area contributed by atoms with E-state index in [4.69, 9.17) is 4.74 Å². The van der Waals surface area contributed by atoms with Gasteiger partial charge in [0.05, 0.1) is 7.11 Å². The fraction of sp³-hybridized carbons (Fsp3) is 0.524. The molecule has 27 heavy (non-hydrogen) atoms. The topological polar surface area (TPSA) is 47.4 Å². The molecule has 1 amide bonds. The Labute approximate surface area is 159 Å². The van der Waals surface area contributed by atoms with Crippen LogP contribution < -0.4 is 4.74 Å². The van der Waals surface area contributed by atoms with Crippen molar-refractivity contribution in [3.8, 4) is 5.75 Å². The number of ether oxygens (including phenoxy) is 1. The van der Waals surface area contributed by atoms with Crippen molar-refractivity contribution >= 4 is 5.91 Å². The second-order valence-electron chi connectivity index (χ2n) is 7.73. The van der Waals surface area contributed by atoms with Gasteiger partial charge in [-0.05, 0) is 56.7 Å². The van der Waals surface area contributed by atoms with Crippen molar-refractivity contribution in [2.24, 2.45) is 5.92 Å². The van der Waals surface area contributed by atoms with E-state index >= 15 is 0 Å². The molecule has 1 saturated carbocycles. The number of hydrogen-bond donors (Lipinski definition) is 0. The number of imidazole rings is 1. The summed E-state index contributed by atoms with van der Waals surface area (Å²) in [5, 5.41) is 0. The number of likely N-dealkylation sites (tertiary alicyclic amines) is 1. The largest absolute Gasteiger partial charge is 0.494 e. The van der Waals surface area contributed by atoms with Gasteiger partial charge in [0.2, 0.25) is 0 Å². The molecule has 0 atom stereocenters. The molecule has 1 saturated heterocycles. The third-order valence-corrected chi connectivity index (χ3v) is 5.77. The van der Waals surface area contributed by atoms with E-state index in [9.17, 15) is 9.18 Å². The molecule has 1 aromatic carbocycles. The van der Waals surface area contributed by atoms with Crippen molar-refractivity contribution in [1.82, 2.24) is 14.5 Å². The maximum Gasteiger partial charge on any atom is 0.253 e. The molecular formula is C21H26FN3O2. The summed E-state index contributed by atoms with van der Waals surface area (Å²) in [5.74, 6) is 1.98. The number of carbonyl (C=O) groups is 1. The number of rotatable bonds is 5. The van der Waals surface area contributed by atoms with Crippen LogP contribution in [0.25, 0.3) is 0 Å². The lowest BCUT2D eigenvalue weighted by Crippen LogP contribution is -2.39. The van der Waals surface area contributed by atoms with Gasteiger partial charge < -0.3 is 14.2 Å². The minimum atomic E-state index is -0.499. The first-order valence-electron chi connectivity index (χ1n) is 9.71. The highest BCUT2D eigenvalue weighted by Gasteiger charge is 2.30. The number of amides is 1. The quantitative estimate of drug-likeness (QED) is 0.804. The van der Waals surface area contributed by atoms with Crippen LogP contribution in [0.3, 0.4) is 0 Å². The van der Waals surface area contributed by atoms with Crippen molar-refractivity contribution in [2.45, 2.75) is 45.1 Å². The summed E-state index contributed by atoms with van der Waals surface area (Å²) in [5.41, 5.74) is 1.61. The molecule has 6 heteroatoms. The van der Waals surface area contributed by atoms with Gasteiger partial charge in [0.25, 0.3) is 5.91 Å². The van der Waals surface area contributed by atoms with Gasteiger partial charge in [0, 0.05) is 43.0 Å². The lowest BCUT2D eigenvalue weighted by molar-refractivity contribution is 0.0681. The average molecular weight is 371 g/mol. The molecule has 2 heterocycles. The number of halogens is 1. The molecular weight excluding hydrogens is 345 g/mol. The zero-order valence-electron chi connectivity index (χ0n) is 15.9. The average Bonchev–Trinajstić information content (AvgIpc) is 3.46. The van der Waals surface area contributed by atoms with Gasteiger partial charge in [0.1, 0.15) is 5.82 Å². The van der Waals surface area contributed by atoms with Crippen molar-refractivity contribution in [3.05, 3.63) is 47.3 Å². The highest BCUT2D eigenvalue weighted by Crippen LogP contribution is 2.40. The van der Waals surface area contributed by atoms with Gasteiger partial charge in [-0.1, -0.05) is 0 Å². The summed E-state index contributed by atoms with van der Waals surface area (Å²) in [7, 11) is 1.42. The fourth-order valence-corrected chi connectivity index (χ4v) is 3.94. The van der Waals surface area contributed by atoms with Gasteiger partial charge >= 0.3 is 0 Å². The Kier molecular flexibility index (Phi) is 4.89. The lowest BCUT2D eigenvalue weighted by Gasteiger charge is -2.32. The van der Waals surface area contributed by atoms with Crippen molar-refractivity contribution in [3.63, 3.8) is 0 Å². The molecule has 144 valence electrons. The predicted octanol–water partition coefficient (Wildman–Crippen LogP) is 3.77. The normalized spacial score (nSPS) is 18.0. The van der Waals surface area contributed by atoms with Crippen molar-refractivity contribution in [1.29, 1.82) is 0 Å². The van der Waals surface area contributed by atoms with Gasteiger partial charge in [-0.25, -0.2) is 9.37 Å². The highest BCUT2D eigenvalue weighted by atomic mass is 19.1. The van der Waals surface area contributed by atoms with Crippen molar-refractivity contribution in [2.75, 3.05) is 20.2 Å². The van der Waals surface area contributed by atoms with Crippen LogP contribution in [0.5, 0.6) is 5.75 Å². The van der Waals surface area contributed by atoms with E-state index in [1.54, 1.807) is 6.07 Å². The Bertz CT molecular complexity index is 836. The molecule has 1 aliphatic carbocycles. The van der Waals surface area contributed by atoms with Crippen LogP contribution >= 0.6 is 0 Å². The predicted molar refractivity (Wildman–Crippen MR) is 101 cm³/mol. The number of aromatic nitrogens is 2. The highest BCUT2D eigenvalue weighted by molar-refractivity contribution is 5.94. The Morgan fingerprint density at radius 2 is 2.00 bits per heavy atom. The van der Waals surface area contributed by atoms with Crippen LogP contribution in [-0.2, 0) is 6.54 Å². The number of benzene rings is 1. The summed E-state index contributed by atoms with van der Waals surface area (Å²) in [6.45, 7) is 4.53. The van der Waals surface area contributed by atoms with Crippen LogP contribution in [0.4, 0.5) is 4.39 Å². The summed E-state index contributed by atoms with van der Waals surface area (Å²) >= 11 is 0. The molecule has 2 aromatic rings. The molecule has 0 bridgehead atoms. The van der Waals surface area contributed by atoms with Gasteiger partial charge in [0.15, 0.2) is 11.6 Å². The Hall–Kier alpha value is -2.37. The molecule has 0 radical (unpaired) electrons. The summed E-state index contributed by atoms with van der Waals surface area (Å²) in [6.07, 6.45) is 6.41. The summed E-state index contributed by atoms with van der Waals surface area (Å²) in [6, 6.07) is 4.41. The number of methoxy groups -OCH3 is 1. The first kappa shape index (κ1) is 18.0. The smallest absolute Gasteiger partial charge is 0.253 e. The summed E-state index contributed by atoms with van der Waals surface area (Å²) in [4.78, 5) is 19.1. The number of aryl methyl sites for hydroxylation is 1. The molecule has 1 aromatic heterocycles. The lowest BCUT2D eigenvalue weighted by atomic mass is 9.96. The van der Waals surface area contributed by atoms with Crippen molar-refractivity contribution < 1.29 is 13.9 Å². The van der Waals surface area contributed by atoms with Gasteiger partial charge in [-0.15, -0.1) is 0 Å². The van der Waals surface area contributed by atoms with E-state index in [0.717, 1.165) is 19.4 Å². The molecule has 4 rings (SSSR count). The SMILES string of the molecule is COc1ccc(C(=O)N2CCC(Cn3c(C)cnc3C3CC3)CC2)cc1F.